The maximum atomic E-state index is 11.5. The molecule has 0 amide bonds. The fourth-order valence-electron chi connectivity index (χ4n) is 3.01. The van der Waals surface area contributed by atoms with Crippen molar-refractivity contribution in [3.8, 4) is 0 Å². The topological polar surface area (TPSA) is 85.3 Å². The summed E-state index contributed by atoms with van der Waals surface area (Å²) >= 11 is 1.43. The van der Waals surface area contributed by atoms with E-state index in [1.807, 2.05) is 19.1 Å². The van der Waals surface area contributed by atoms with Gasteiger partial charge in [-0.1, -0.05) is 0 Å². The fraction of sp³-hybridized carbons (Fsp3) is 0.500. The SMILES string of the molecule is CC(N)C1CCN(c2ccc3scnc3c2[N+](=O)[O-])CC1. The Morgan fingerprint density at radius 1 is 1.48 bits per heavy atom. The number of piperidine rings is 1. The molecule has 21 heavy (non-hydrogen) atoms. The van der Waals surface area contributed by atoms with E-state index in [0.29, 0.717) is 17.1 Å². The number of hydrogen-bond acceptors (Lipinski definition) is 6. The number of nitro groups is 1. The quantitative estimate of drug-likeness (QED) is 0.696. The van der Waals surface area contributed by atoms with Gasteiger partial charge in [0.05, 0.1) is 15.1 Å². The van der Waals surface area contributed by atoms with Crippen molar-refractivity contribution in [1.29, 1.82) is 0 Å². The van der Waals surface area contributed by atoms with Crippen LogP contribution in [0.3, 0.4) is 0 Å². The molecule has 3 rings (SSSR count). The van der Waals surface area contributed by atoms with Crippen LogP contribution >= 0.6 is 11.3 Å². The maximum Gasteiger partial charge on any atom is 0.319 e. The van der Waals surface area contributed by atoms with E-state index < -0.39 is 0 Å². The summed E-state index contributed by atoms with van der Waals surface area (Å²) in [6, 6.07) is 3.96. The summed E-state index contributed by atoms with van der Waals surface area (Å²) in [7, 11) is 0. The minimum absolute atomic E-state index is 0.132. The van der Waals surface area contributed by atoms with Crippen molar-refractivity contribution in [1.82, 2.24) is 4.98 Å². The molecule has 6 nitrogen and oxygen atoms in total. The van der Waals surface area contributed by atoms with E-state index in [9.17, 15) is 10.1 Å². The summed E-state index contributed by atoms with van der Waals surface area (Å²) in [4.78, 5) is 17.4. The molecule has 112 valence electrons. The van der Waals surface area contributed by atoms with E-state index in [-0.39, 0.29) is 16.7 Å². The van der Waals surface area contributed by atoms with Crippen LogP contribution in [0.15, 0.2) is 17.6 Å². The molecule has 1 aliphatic heterocycles. The van der Waals surface area contributed by atoms with Crippen LogP contribution in [0, 0.1) is 16.0 Å². The molecule has 1 aromatic heterocycles. The van der Waals surface area contributed by atoms with Gasteiger partial charge < -0.3 is 10.6 Å². The molecule has 0 aliphatic carbocycles. The van der Waals surface area contributed by atoms with Crippen LogP contribution in [-0.2, 0) is 0 Å². The van der Waals surface area contributed by atoms with Crippen molar-refractivity contribution in [2.45, 2.75) is 25.8 Å². The molecule has 2 N–H and O–H groups in total. The van der Waals surface area contributed by atoms with Crippen LogP contribution in [0.2, 0.25) is 0 Å². The summed E-state index contributed by atoms with van der Waals surface area (Å²) in [5, 5.41) is 11.5. The standard InChI is InChI=1S/C14H18N4O2S/c1-9(15)10-4-6-17(7-5-10)11-2-3-12-13(16-8-21-12)14(11)18(19)20/h2-3,8-10H,4-7,15H2,1H3. The molecule has 2 heterocycles. The van der Waals surface area contributed by atoms with E-state index >= 15 is 0 Å². The first kappa shape index (κ1) is 14.2. The normalized spacial score (nSPS) is 18.1. The number of fused-ring (bicyclic) bond motifs is 1. The number of nitrogens with two attached hydrogens (primary N) is 1. The molecule has 0 radical (unpaired) electrons. The zero-order valence-electron chi connectivity index (χ0n) is 11.9. The van der Waals surface area contributed by atoms with Crippen LogP contribution in [0.25, 0.3) is 10.2 Å². The first-order valence-corrected chi connectivity index (χ1v) is 7.97. The lowest BCUT2D eigenvalue weighted by Crippen LogP contribution is -2.39. The van der Waals surface area contributed by atoms with Crippen molar-refractivity contribution in [3.05, 3.63) is 27.8 Å². The molecule has 0 saturated carbocycles. The van der Waals surface area contributed by atoms with Gasteiger partial charge in [-0.05, 0) is 37.8 Å². The molecule has 1 aromatic carbocycles. The van der Waals surface area contributed by atoms with Gasteiger partial charge in [0.1, 0.15) is 5.69 Å². The fourth-order valence-corrected chi connectivity index (χ4v) is 3.69. The Kier molecular flexibility index (Phi) is 3.77. The summed E-state index contributed by atoms with van der Waals surface area (Å²) < 4.78 is 0.857. The predicted molar refractivity (Wildman–Crippen MR) is 84.9 cm³/mol. The second-order valence-corrected chi connectivity index (χ2v) is 6.46. The molecule has 0 spiro atoms. The highest BCUT2D eigenvalue weighted by molar-refractivity contribution is 7.16. The lowest BCUT2D eigenvalue weighted by Gasteiger charge is -2.34. The molecule has 0 bridgehead atoms. The van der Waals surface area contributed by atoms with Crippen molar-refractivity contribution < 1.29 is 4.92 Å². The first-order valence-electron chi connectivity index (χ1n) is 7.09. The van der Waals surface area contributed by atoms with Crippen LogP contribution in [0.4, 0.5) is 11.4 Å². The zero-order valence-corrected chi connectivity index (χ0v) is 12.7. The van der Waals surface area contributed by atoms with Gasteiger partial charge in [-0.3, -0.25) is 10.1 Å². The monoisotopic (exact) mass is 306 g/mol. The number of nitrogens with zero attached hydrogens (tertiary/aromatic N) is 3. The van der Waals surface area contributed by atoms with Crippen LogP contribution in [-0.4, -0.2) is 29.0 Å². The molecule has 1 atom stereocenters. The van der Waals surface area contributed by atoms with Crippen LogP contribution in [0.1, 0.15) is 19.8 Å². The summed E-state index contributed by atoms with van der Waals surface area (Å²) in [5.41, 5.74) is 8.92. The van der Waals surface area contributed by atoms with E-state index in [4.69, 9.17) is 5.73 Å². The number of hydrogen-bond donors (Lipinski definition) is 1. The van der Waals surface area contributed by atoms with Crippen LogP contribution in [0.5, 0.6) is 0 Å². The molecule has 1 saturated heterocycles. The average molecular weight is 306 g/mol. The second-order valence-electron chi connectivity index (χ2n) is 5.57. The highest BCUT2D eigenvalue weighted by atomic mass is 32.1. The molecule has 7 heteroatoms. The number of rotatable bonds is 3. The molecule has 2 aromatic rings. The molecule has 1 aliphatic rings. The maximum absolute atomic E-state index is 11.5. The lowest BCUT2D eigenvalue weighted by molar-refractivity contribution is -0.382. The highest BCUT2D eigenvalue weighted by Gasteiger charge is 2.28. The Hall–Kier alpha value is -1.73. The number of thiazole rings is 1. The minimum Gasteiger partial charge on any atom is -0.366 e. The van der Waals surface area contributed by atoms with Gasteiger partial charge in [-0.25, -0.2) is 4.98 Å². The summed E-state index contributed by atoms with van der Waals surface area (Å²) in [6.07, 6.45) is 1.95. The van der Waals surface area contributed by atoms with Gasteiger partial charge in [0, 0.05) is 19.1 Å². The van der Waals surface area contributed by atoms with E-state index in [1.165, 1.54) is 11.3 Å². The third kappa shape index (κ3) is 2.58. The number of nitro benzene ring substituents is 1. The molecular formula is C14H18N4O2S. The van der Waals surface area contributed by atoms with Gasteiger partial charge in [0.2, 0.25) is 0 Å². The second kappa shape index (κ2) is 5.57. The van der Waals surface area contributed by atoms with Gasteiger partial charge in [0.15, 0.2) is 5.52 Å². The Morgan fingerprint density at radius 3 is 2.81 bits per heavy atom. The Morgan fingerprint density at radius 2 is 2.19 bits per heavy atom. The predicted octanol–water partition coefficient (Wildman–Crippen LogP) is 2.77. The van der Waals surface area contributed by atoms with Gasteiger partial charge >= 0.3 is 5.69 Å². The first-order chi connectivity index (χ1) is 10.1. The number of anilines is 1. The third-order valence-corrected chi connectivity index (χ3v) is 5.06. The van der Waals surface area contributed by atoms with Crippen molar-refractivity contribution in [2.75, 3.05) is 18.0 Å². The number of benzene rings is 1. The molecule has 1 unspecified atom stereocenters. The van der Waals surface area contributed by atoms with E-state index in [0.717, 1.165) is 30.6 Å². The summed E-state index contributed by atoms with van der Waals surface area (Å²) in [5.74, 6) is 0.503. The third-order valence-electron chi connectivity index (χ3n) is 4.26. The smallest absolute Gasteiger partial charge is 0.319 e. The average Bonchev–Trinajstić information content (AvgIpc) is 2.94. The summed E-state index contributed by atoms with van der Waals surface area (Å²) in [6.45, 7) is 3.65. The number of aromatic nitrogens is 1. The van der Waals surface area contributed by atoms with Gasteiger partial charge in [0.25, 0.3) is 0 Å². The Balaban J connectivity index is 1.94. The van der Waals surface area contributed by atoms with Gasteiger partial charge in [-0.15, -0.1) is 11.3 Å². The Labute approximate surface area is 126 Å². The van der Waals surface area contributed by atoms with Crippen molar-refractivity contribution >= 4 is 32.9 Å². The van der Waals surface area contributed by atoms with E-state index in [2.05, 4.69) is 9.88 Å². The largest absolute Gasteiger partial charge is 0.366 e. The minimum atomic E-state index is -0.310. The van der Waals surface area contributed by atoms with E-state index in [1.54, 1.807) is 5.51 Å². The zero-order chi connectivity index (χ0) is 15.0. The Bertz CT molecular complexity index is 662. The lowest BCUT2D eigenvalue weighted by atomic mass is 9.90. The van der Waals surface area contributed by atoms with Crippen molar-refractivity contribution in [2.24, 2.45) is 11.7 Å². The highest BCUT2D eigenvalue weighted by Crippen LogP contribution is 2.38. The van der Waals surface area contributed by atoms with Crippen molar-refractivity contribution in [3.63, 3.8) is 0 Å². The van der Waals surface area contributed by atoms with Crippen LogP contribution < -0.4 is 10.6 Å². The van der Waals surface area contributed by atoms with Gasteiger partial charge in [-0.2, -0.15) is 0 Å². The molecular weight excluding hydrogens is 288 g/mol. The molecule has 1 fully saturated rings.